The van der Waals surface area contributed by atoms with Crippen LogP contribution < -0.4 is 5.32 Å². The van der Waals surface area contributed by atoms with Gasteiger partial charge in [-0.2, -0.15) is 0 Å². The van der Waals surface area contributed by atoms with Gasteiger partial charge >= 0.3 is 5.97 Å². The molecule has 0 heterocycles. The number of allylic oxidation sites excluding steroid dienone is 1. The van der Waals surface area contributed by atoms with Gasteiger partial charge in [0.05, 0.1) is 24.5 Å². The van der Waals surface area contributed by atoms with Crippen LogP contribution in [0, 0.1) is 12.3 Å². The highest BCUT2D eigenvalue weighted by Gasteiger charge is 2.15. The number of rotatable bonds is 8. The molecule has 1 atom stereocenters. The first-order valence-corrected chi connectivity index (χ1v) is 12.0. The minimum atomic E-state index is -0.411. The quantitative estimate of drug-likeness (QED) is 0.231. The maximum absolute atomic E-state index is 11.4. The number of ether oxygens (including phenoxy) is 2. The first-order chi connectivity index (χ1) is 17.2. The Morgan fingerprint density at radius 3 is 1.78 bits per heavy atom. The average Bonchev–Trinajstić information content (AvgIpc) is 2.83. The predicted molar refractivity (Wildman–Crippen MR) is 149 cm³/mol. The maximum Gasteiger partial charge on any atom is 0.338 e. The van der Waals surface area contributed by atoms with Gasteiger partial charge in [0.15, 0.2) is 0 Å². The van der Waals surface area contributed by atoms with Crippen LogP contribution in [0.15, 0.2) is 30.5 Å². The first kappa shape index (κ1) is 41.1. The molecule has 214 valence electrons. The number of hydrogen-bond donors (Lipinski definition) is 3. The third-order valence-electron chi connectivity index (χ3n) is 4.21. The number of benzene rings is 1. The van der Waals surface area contributed by atoms with Crippen LogP contribution in [-0.2, 0) is 23.9 Å². The van der Waals surface area contributed by atoms with Crippen molar-refractivity contribution in [3.63, 3.8) is 0 Å². The summed E-state index contributed by atoms with van der Waals surface area (Å²) >= 11 is 0. The largest absolute Gasteiger partial charge is 0.513 e. The molecule has 0 saturated carbocycles. The summed E-state index contributed by atoms with van der Waals surface area (Å²) in [5.74, 6) is -0.564. The van der Waals surface area contributed by atoms with E-state index < -0.39 is 5.97 Å². The van der Waals surface area contributed by atoms with Crippen LogP contribution in [0.4, 0.5) is 5.69 Å². The second-order valence-corrected chi connectivity index (χ2v) is 8.50. The van der Waals surface area contributed by atoms with Crippen LogP contribution >= 0.6 is 0 Å². The monoisotopic (exact) mass is 527 g/mol. The Balaban J connectivity index is -0.000000237. The van der Waals surface area contributed by atoms with Gasteiger partial charge in [-0.05, 0) is 43.0 Å². The summed E-state index contributed by atoms with van der Waals surface area (Å²) in [7, 11) is 4.57. The normalized spacial score (nSPS) is 10.0. The van der Waals surface area contributed by atoms with Gasteiger partial charge in [0.1, 0.15) is 12.6 Å². The fourth-order valence-electron chi connectivity index (χ4n) is 1.72. The van der Waals surface area contributed by atoms with E-state index >= 15 is 0 Å². The zero-order valence-corrected chi connectivity index (χ0v) is 24.3. The van der Waals surface area contributed by atoms with Gasteiger partial charge in [-0.15, -0.1) is 0 Å². The highest BCUT2D eigenvalue weighted by molar-refractivity contribution is 5.94. The number of aldehydes is 2. The summed E-state index contributed by atoms with van der Waals surface area (Å²) in [6, 6.07) is 4.90. The maximum atomic E-state index is 11.4. The van der Waals surface area contributed by atoms with Crippen LogP contribution in [0.2, 0.25) is 0 Å². The number of esters is 1. The molecule has 0 saturated heterocycles. The molecule has 0 radical (unpaired) electrons. The van der Waals surface area contributed by atoms with Gasteiger partial charge < -0.3 is 34.6 Å². The molecular weight excluding hydrogens is 478 g/mol. The molecule has 1 unspecified atom stereocenters. The van der Waals surface area contributed by atoms with E-state index in [1.165, 1.54) is 7.11 Å². The van der Waals surface area contributed by atoms with E-state index in [0.717, 1.165) is 11.8 Å². The number of carbonyl (C=O) groups excluding carboxylic acids is 4. The number of amides is 1. The number of aliphatic hydroxyl groups is 2. The topological polar surface area (TPSA) is 139 Å². The molecule has 0 aliphatic heterocycles. The van der Waals surface area contributed by atoms with Crippen molar-refractivity contribution < 1.29 is 38.9 Å². The molecule has 0 aliphatic carbocycles. The van der Waals surface area contributed by atoms with E-state index in [1.54, 1.807) is 46.3 Å². The Kier molecular flexibility index (Phi) is 28.9. The lowest BCUT2D eigenvalue weighted by atomic mass is 9.91. The fraction of sp³-hybridized carbons (Fsp3) is 0.571. The first-order valence-electron chi connectivity index (χ1n) is 12.0. The number of aliphatic hydroxyl groups excluding tert-OH is 2. The third kappa shape index (κ3) is 27.4. The lowest BCUT2D eigenvalue weighted by Gasteiger charge is -2.21. The lowest BCUT2D eigenvalue weighted by molar-refractivity contribution is -0.118. The van der Waals surface area contributed by atoms with Crippen molar-refractivity contribution in [2.75, 3.05) is 26.6 Å². The molecule has 37 heavy (non-hydrogen) atoms. The molecular formula is C28H49NO8. The summed E-state index contributed by atoms with van der Waals surface area (Å²) in [4.78, 5) is 42.5. The molecule has 0 fully saturated rings. The van der Waals surface area contributed by atoms with Crippen LogP contribution in [-0.4, -0.2) is 62.1 Å². The number of methoxy groups -OCH3 is 2. The molecule has 0 aromatic heterocycles. The van der Waals surface area contributed by atoms with Gasteiger partial charge in [-0.1, -0.05) is 41.2 Å². The molecule has 9 nitrogen and oxygen atoms in total. The molecule has 1 rings (SSSR count). The highest BCUT2D eigenvalue weighted by Crippen LogP contribution is 2.17. The Morgan fingerprint density at radius 1 is 1.05 bits per heavy atom. The van der Waals surface area contributed by atoms with Crippen molar-refractivity contribution in [2.24, 2.45) is 5.41 Å². The molecule has 0 bridgehead atoms. The van der Waals surface area contributed by atoms with E-state index in [2.05, 4.69) is 21.4 Å². The second kappa shape index (κ2) is 26.0. The zero-order valence-electron chi connectivity index (χ0n) is 24.3. The summed E-state index contributed by atoms with van der Waals surface area (Å²) in [6.07, 6.45) is 2.37. The fourth-order valence-corrected chi connectivity index (χ4v) is 1.72. The predicted octanol–water partition coefficient (Wildman–Crippen LogP) is 5.44. The number of nitrogens with one attached hydrogen (secondary N) is 1. The van der Waals surface area contributed by atoms with Gasteiger partial charge in [0.2, 0.25) is 5.91 Å². The molecule has 1 aromatic rings. The Morgan fingerprint density at radius 2 is 1.49 bits per heavy atom. The van der Waals surface area contributed by atoms with Crippen LogP contribution in [0.3, 0.4) is 0 Å². The molecule has 3 N–H and O–H groups in total. The van der Waals surface area contributed by atoms with E-state index in [4.69, 9.17) is 10.2 Å². The molecule has 1 amide bonds. The Bertz CT molecular complexity index is 768. The zero-order chi connectivity index (χ0) is 30.0. The number of anilines is 1. The highest BCUT2D eigenvalue weighted by atomic mass is 16.5. The molecule has 0 aliphatic rings. The minimum Gasteiger partial charge on any atom is -0.513 e. The van der Waals surface area contributed by atoms with E-state index in [-0.39, 0.29) is 36.0 Å². The van der Waals surface area contributed by atoms with Crippen LogP contribution in [0.1, 0.15) is 83.1 Å². The second-order valence-electron chi connectivity index (χ2n) is 8.50. The minimum absolute atomic E-state index is 0.0556. The van der Waals surface area contributed by atoms with E-state index in [9.17, 15) is 19.2 Å². The average molecular weight is 528 g/mol. The van der Waals surface area contributed by atoms with Gasteiger partial charge in [-0.25, -0.2) is 4.79 Å². The van der Waals surface area contributed by atoms with Crippen molar-refractivity contribution in [1.29, 1.82) is 0 Å². The van der Waals surface area contributed by atoms with E-state index in [0.29, 0.717) is 30.4 Å². The number of aryl methyl sites for hydroxylation is 1. The third-order valence-corrected chi connectivity index (χ3v) is 4.21. The van der Waals surface area contributed by atoms with Crippen molar-refractivity contribution in [2.45, 2.75) is 80.3 Å². The molecule has 9 heteroatoms. The van der Waals surface area contributed by atoms with Crippen LogP contribution in [0.5, 0.6) is 0 Å². The summed E-state index contributed by atoms with van der Waals surface area (Å²) in [5, 5.41) is 19.9. The van der Waals surface area contributed by atoms with Gasteiger partial charge in [0.25, 0.3) is 0 Å². The van der Waals surface area contributed by atoms with Gasteiger partial charge in [-0.3, -0.25) is 4.79 Å². The standard InChI is InChI=1S/C13H15NO4.C6H14O.C5H8O2.C2H6O.C2H6/c1-9-8-10(14-12(16)4-3-7-15)5-6-11(9)13(17)18-2;1-5(7)6(2,3)4;1-5(7)3-2-4-6;1-3-2;1-2/h5-8H,3-4H2,1-2H3,(H,14,16);5,7H,1-4H3;4,7H,1-3H2;1-2H3;1-2H3. The summed E-state index contributed by atoms with van der Waals surface area (Å²) in [5.41, 5.74) is 1.83. The SMILES string of the molecule is C=C(O)CCC=O.CC.CC(O)C(C)(C)C.COC.COC(=O)c1ccc(NC(=O)CCC=O)cc1C. The number of hydrogen-bond acceptors (Lipinski definition) is 8. The summed E-state index contributed by atoms with van der Waals surface area (Å²) in [6.45, 7) is 16.8. The van der Waals surface area contributed by atoms with E-state index in [1.807, 2.05) is 34.6 Å². The van der Waals surface area contributed by atoms with Crippen LogP contribution in [0.25, 0.3) is 0 Å². The Hall–Kier alpha value is -3.04. The summed E-state index contributed by atoms with van der Waals surface area (Å²) < 4.78 is 8.88. The van der Waals surface area contributed by atoms with Crippen molar-refractivity contribution in [3.8, 4) is 0 Å². The van der Waals surface area contributed by atoms with Crippen molar-refractivity contribution >= 4 is 30.1 Å². The van der Waals surface area contributed by atoms with Crippen molar-refractivity contribution in [3.05, 3.63) is 41.7 Å². The smallest absolute Gasteiger partial charge is 0.338 e. The molecule has 0 spiro atoms. The Labute approximate surface area is 223 Å². The van der Waals surface area contributed by atoms with Gasteiger partial charge in [0, 0.05) is 45.6 Å². The van der Waals surface area contributed by atoms with Crippen molar-refractivity contribution in [1.82, 2.24) is 0 Å². The molecule has 1 aromatic carbocycles. The lowest BCUT2D eigenvalue weighted by Crippen LogP contribution is -2.21. The number of carbonyl (C=O) groups is 4.